The highest BCUT2D eigenvalue weighted by molar-refractivity contribution is 8.00. The molecule has 0 saturated heterocycles. The standard InChI is InChI=1S/C24H24O3S.C21H19ClO.C8H19N.C3H6O2S.CH2Cl2/c1-18-8-10-20(11-9-18)24(28-17-16-23(25)26,19-6-4-3-5-7-19)21-12-14-22(27-2)15-13-21;1-16-8-10-18(11-9-16)21(22,17-6-4-3-5-7-17)19-12-14-20(23-2)15-13-19;1-6-9(7(2)3)8(4)5;4-3(5)1-2-6;2-1-3/h3-15H,16-17H2,1-2H3,(H,25,26);3-15H,1-2H3;7-8H,6H2,1-5H3;6H,1-2H2,(H,4,5);1H2. The highest BCUT2D eigenvalue weighted by atomic mass is 35.5. The van der Waals surface area contributed by atoms with Crippen LogP contribution in [-0.4, -0.2) is 76.7 Å². The average Bonchev–Trinajstić information content (AvgIpc) is 3.34. The van der Waals surface area contributed by atoms with Crippen molar-refractivity contribution in [2.45, 2.75) is 83.0 Å². The molecule has 2 atom stereocenters. The number of carbonyl (C=O) groups is 2. The number of alkyl halides is 3. The van der Waals surface area contributed by atoms with Crippen molar-refractivity contribution in [3.8, 4) is 11.5 Å². The second kappa shape index (κ2) is 32.3. The lowest BCUT2D eigenvalue weighted by atomic mass is 9.83. The summed E-state index contributed by atoms with van der Waals surface area (Å²) in [5, 5.41) is 17.3. The molecule has 0 amide bonds. The van der Waals surface area contributed by atoms with E-state index in [0.717, 1.165) is 51.4 Å². The minimum absolute atomic E-state index is 0.112. The van der Waals surface area contributed by atoms with Gasteiger partial charge < -0.3 is 19.7 Å². The van der Waals surface area contributed by atoms with Crippen LogP contribution in [-0.2, 0) is 19.2 Å². The SMILES string of the molecule is CCN(C(C)C)C(C)C.COc1ccc(C(Cl)(c2ccccc2)c2ccc(C)cc2)cc1.COc1ccc(C(SCCC(=O)O)(c2ccccc2)c2ccc(C)cc2)cc1.ClCCl.O=C(O)CCS. The number of aryl methyl sites for hydroxylation is 2. The number of hydrogen-bond donors (Lipinski definition) is 3. The average molecular weight is 1040 g/mol. The van der Waals surface area contributed by atoms with Crippen LogP contribution in [0.1, 0.15) is 92.0 Å². The fourth-order valence-corrected chi connectivity index (χ4v) is 9.58. The molecule has 0 spiro atoms. The summed E-state index contributed by atoms with van der Waals surface area (Å²) in [6.07, 6.45) is 0.268. The summed E-state index contributed by atoms with van der Waals surface area (Å²) >= 11 is 22.1. The molecule has 6 aromatic rings. The Kier molecular flexibility index (Phi) is 28.3. The van der Waals surface area contributed by atoms with E-state index < -0.39 is 21.6 Å². The molecule has 6 aromatic carbocycles. The van der Waals surface area contributed by atoms with Crippen molar-refractivity contribution in [3.63, 3.8) is 0 Å². The van der Waals surface area contributed by atoms with Crippen LogP contribution in [0.3, 0.4) is 0 Å². The number of rotatable bonds is 17. The zero-order valence-corrected chi connectivity index (χ0v) is 45.4. The fourth-order valence-electron chi connectivity index (χ4n) is 7.52. The van der Waals surface area contributed by atoms with Crippen molar-refractivity contribution < 1.29 is 29.3 Å². The molecular formula is C57H70Cl3NO6S2. The number of thioether (sulfide) groups is 1. The lowest BCUT2D eigenvalue weighted by molar-refractivity contribution is -0.137. The molecule has 0 aliphatic heterocycles. The van der Waals surface area contributed by atoms with E-state index in [1.165, 1.54) is 11.1 Å². The van der Waals surface area contributed by atoms with Crippen LogP contribution >= 0.6 is 59.2 Å². The van der Waals surface area contributed by atoms with Gasteiger partial charge in [-0.25, -0.2) is 0 Å². The Balaban J connectivity index is 0.000000354. The topological polar surface area (TPSA) is 96.3 Å². The number of methoxy groups -OCH3 is 2. The van der Waals surface area contributed by atoms with Gasteiger partial charge in [-0.05, 0) is 106 Å². The summed E-state index contributed by atoms with van der Waals surface area (Å²) in [5.41, 5.74) is 8.89. The summed E-state index contributed by atoms with van der Waals surface area (Å²) < 4.78 is 10.1. The van der Waals surface area contributed by atoms with Gasteiger partial charge in [0.1, 0.15) is 16.4 Å². The summed E-state index contributed by atoms with van der Waals surface area (Å²) in [5.74, 6) is 0.979. The molecule has 0 aliphatic carbocycles. The second-order valence-electron chi connectivity index (χ2n) is 16.2. The summed E-state index contributed by atoms with van der Waals surface area (Å²) in [6.45, 7) is 16.5. The number of benzene rings is 6. The van der Waals surface area contributed by atoms with E-state index in [1.54, 1.807) is 26.0 Å². The number of halogens is 3. The first-order valence-electron chi connectivity index (χ1n) is 22.8. The molecule has 0 aromatic heterocycles. The van der Waals surface area contributed by atoms with Gasteiger partial charge in [0.2, 0.25) is 0 Å². The van der Waals surface area contributed by atoms with Crippen molar-refractivity contribution in [1.82, 2.24) is 4.90 Å². The Morgan fingerprint density at radius 3 is 1.20 bits per heavy atom. The van der Waals surface area contributed by atoms with Gasteiger partial charge in [0.15, 0.2) is 0 Å². The van der Waals surface area contributed by atoms with E-state index in [2.05, 4.69) is 151 Å². The lowest BCUT2D eigenvalue weighted by Gasteiger charge is -2.35. The first-order valence-corrected chi connectivity index (χ1v) is 25.8. The van der Waals surface area contributed by atoms with E-state index in [0.29, 0.717) is 23.6 Å². The maximum absolute atomic E-state index is 11.2. The maximum atomic E-state index is 11.2. The van der Waals surface area contributed by atoms with Crippen molar-refractivity contribution in [2.75, 3.05) is 37.6 Å². The molecule has 0 bridgehead atoms. The molecule has 0 heterocycles. The Hall–Kier alpha value is -4.61. The van der Waals surface area contributed by atoms with E-state index >= 15 is 0 Å². The molecule has 7 nitrogen and oxygen atoms in total. The van der Waals surface area contributed by atoms with Crippen LogP contribution in [0.25, 0.3) is 0 Å². The zero-order valence-electron chi connectivity index (χ0n) is 41.4. The smallest absolute Gasteiger partial charge is 0.304 e. The molecule has 0 aliphatic rings. The number of carboxylic acid groups (broad SMARTS) is 2. The summed E-state index contributed by atoms with van der Waals surface area (Å²) in [4.78, 5) is 22.5. The molecule has 12 heteroatoms. The lowest BCUT2D eigenvalue weighted by Crippen LogP contribution is -2.36. The summed E-state index contributed by atoms with van der Waals surface area (Å²) in [7, 11) is 3.32. The second-order valence-corrected chi connectivity index (χ2v) is 19.4. The van der Waals surface area contributed by atoms with E-state index in [9.17, 15) is 14.7 Å². The van der Waals surface area contributed by atoms with Gasteiger partial charge in [-0.15, -0.1) is 46.6 Å². The van der Waals surface area contributed by atoms with E-state index in [4.69, 9.17) is 49.4 Å². The number of thiol groups is 1. The van der Waals surface area contributed by atoms with Crippen molar-refractivity contribution in [2.24, 2.45) is 0 Å². The van der Waals surface area contributed by atoms with Gasteiger partial charge in [-0.3, -0.25) is 14.5 Å². The third-order valence-corrected chi connectivity index (χ3v) is 13.3. The van der Waals surface area contributed by atoms with Gasteiger partial charge in [-0.2, -0.15) is 12.6 Å². The van der Waals surface area contributed by atoms with Crippen molar-refractivity contribution in [3.05, 3.63) is 202 Å². The van der Waals surface area contributed by atoms with Gasteiger partial charge >= 0.3 is 11.9 Å². The summed E-state index contributed by atoms with van der Waals surface area (Å²) in [6, 6.07) is 54.7. The fraction of sp³-hybridized carbons (Fsp3) is 0.333. The normalized spacial score (nSPS) is 12.2. The molecule has 2 N–H and O–H groups in total. The van der Waals surface area contributed by atoms with Crippen LogP contribution in [0.2, 0.25) is 0 Å². The van der Waals surface area contributed by atoms with Crippen LogP contribution in [0, 0.1) is 13.8 Å². The minimum atomic E-state index is -0.787. The molecule has 0 fully saturated rings. The monoisotopic (exact) mass is 1030 g/mol. The van der Waals surface area contributed by atoms with Gasteiger partial charge in [-0.1, -0.05) is 152 Å². The van der Waals surface area contributed by atoms with Gasteiger partial charge in [0.05, 0.1) is 37.1 Å². The number of aliphatic carboxylic acids is 2. The van der Waals surface area contributed by atoms with Crippen LogP contribution in [0.5, 0.6) is 11.5 Å². The molecule has 2 unspecified atom stereocenters. The molecule has 372 valence electrons. The number of nitrogens with zero attached hydrogens (tertiary/aromatic N) is 1. The predicted octanol–water partition coefficient (Wildman–Crippen LogP) is 15.0. The molecule has 69 heavy (non-hydrogen) atoms. The Labute approximate surface area is 436 Å². The van der Waals surface area contributed by atoms with Crippen molar-refractivity contribution >= 4 is 71.1 Å². The Morgan fingerprint density at radius 1 is 0.580 bits per heavy atom. The number of carboxylic acids is 2. The van der Waals surface area contributed by atoms with Crippen LogP contribution in [0.4, 0.5) is 0 Å². The van der Waals surface area contributed by atoms with Gasteiger partial charge in [0, 0.05) is 23.6 Å². The highest BCUT2D eigenvalue weighted by Crippen LogP contribution is 2.49. The quantitative estimate of drug-likeness (QED) is 0.0472. The number of ether oxygens (including phenoxy) is 2. The third-order valence-electron chi connectivity index (χ3n) is 10.9. The van der Waals surface area contributed by atoms with Gasteiger partial charge in [0.25, 0.3) is 0 Å². The van der Waals surface area contributed by atoms with Crippen molar-refractivity contribution in [1.29, 1.82) is 0 Å². The highest BCUT2D eigenvalue weighted by Gasteiger charge is 2.37. The predicted molar refractivity (Wildman–Crippen MR) is 297 cm³/mol. The van der Waals surface area contributed by atoms with E-state index in [-0.39, 0.29) is 18.2 Å². The first kappa shape index (κ1) is 60.5. The molecule has 0 radical (unpaired) electrons. The zero-order chi connectivity index (χ0) is 51.4. The molecular weight excluding hydrogens is 965 g/mol. The number of hydrogen-bond acceptors (Lipinski definition) is 7. The Bertz CT molecular complexity index is 2310. The minimum Gasteiger partial charge on any atom is -0.497 e. The molecule has 6 rings (SSSR count). The largest absolute Gasteiger partial charge is 0.497 e. The Morgan fingerprint density at radius 2 is 0.899 bits per heavy atom. The molecule has 0 saturated carbocycles. The van der Waals surface area contributed by atoms with Crippen LogP contribution < -0.4 is 9.47 Å². The van der Waals surface area contributed by atoms with E-state index in [1.807, 2.05) is 72.8 Å². The first-order chi connectivity index (χ1) is 33.0. The third kappa shape index (κ3) is 19.3. The maximum Gasteiger partial charge on any atom is 0.304 e. The van der Waals surface area contributed by atoms with Crippen LogP contribution in [0.15, 0.2) is 158 Å².